The Morgan fingerprint density at radius 3 is 2.31 bits per heavy atom. The molecular formula is C19H16F2N2O3. The van der Waals surface area contributed by atoms with Crippen LogP contribution in [-0.2, 0) is 9.53 Å². The number of carbonyl (C=O) groups is 2. The number of hydrogen-bond acceptors (Lipinski definition) is 4. The minimum absolute atomic E-state index is 0.0999. The fourth-order valence-corrected chi connectivity index (χ4v) is 2.24. The third-order valence-corrected chi connectivity index (χ3v) is 3.52. The van der Waals surface area contributed by atoms with Crippen LogP contribution in [0.2, 0.25) is 0 Å². The summed E-state index contributed by atoms with van der Waals surface area (Å²) in [5.41, 5.74) is 1.24. The molecule has 26 heavy (non-hydrogen) atoms. The average molecular weight is 358 g/mol. The minimum Gasteiger partial charge on any atom is -0.452 e. The van der Waals surface area contributed by atoms with Crippen LogP contribution >= 0.6 is 0 Å². The van der Waals surface area contributed by atoms with E-state index in [2.05, 4.69) is 0 Å². The first-order valence-corrected chi connectivity index (χ1v) is 7.78. The smallest absolute Gasteiger partial charge is 0.338 e. The Bertz CT molecular complexity index is 825. The molecular weight excluding hydrogens is 342 g/mol. The second-order valence-corrected chi connectivity index (χ2v) is 5.52. The molecule has 0 aliphatic heterocycles. The van der Waals surface area contributed by atoms with E-state index in [4.69, 9.17) is 10.00 Å². The maximum atomic E-state index is 13.2. The van der Waals surface area contributed by atoms with Crippen molar-refractivity contribution < 1.29 is 23.1 Å². The van der Waals surface area contributed by atoms with Crippen LogP contribution in [0.4, 0.5) is 14.5 Å². The SMILES string of the molecule is Cc1ccc(N(CCC#N)C(=O)COC(=O)c2cc(F)cc(F)c2)cc1. The zero-order valence-electron chi connectivity index (χ0n) is 14.0. The summed E-state index contributed by atoms with van der Waals surface area (Å²) < 4.78 is 31.2. The van der Waals surface area contributed by atoms with E-state index in [0.717, 1.165) is 17.7 Å². The Kier molecular flexibility index (Phi) is 6.39. The number of carbonyl (C=O) groups excluding carboxylic acids is 2. The first kappa shape index (κ1) is 19.1. The number of esters is 1. The zero-order valence-corrected chi connectivity index (χ0v) is 14.0. The molecule has 0 spiro atoms. The molecule has 0 N–H and O–H groups in total. The van der Waals surface area contributed by atoms with Gasteiger partial charge in [0.2, 0.25) is 0 Å². The number of aryl methyl sites for hydroxylation is 1. The van der Waals surface area contributed by atoms with Gasteiger partial charge < -0.3 is 9.64 Å². The molecule has 0 bridgehead atoms. The molecule has 0 atom stereocenters. The number of amides is 1. The van der Waals surface area contributed by atoms with Crippen molar-refractivity contribution in [1.82, 2.24) is 0 Å². The van der Waals surface area contributed by atoms with Gasteiger partial charge in [0, 0.05) is 18.3 Å². The lowest BCUT2D eigenvalue weighted by molar-refractivity contribution is -0.121. The summed E-state index contributed by atoms with van der Waals surface area (Å²) in [7, 11) is 0. The van der Waals surface area contributed by atoms with E-state index >= 15 is 0 Å². The van der Waals surface area contributed by atoms with Crippen molar-refractivity contribution in [2.24, 2.45) is 0 Å². The summed E-state index contributed by atoms with van der Waals surface area (Å²) in [5, 5.41) is 8.76. The summed E-state index contributed by atoms with van der Waals surface area (Å²) in [6.45, 7) is 1.41. The van der Waals surface area contributed by atoms with Gasteiger partial charge in [0.25, 0.3) is 5.91 Å². The third-order valence-electron chi connectivity index (χ3n) is 3.52. The van der Waals surface area contributed by atoms with E-state index in [0.29, 0.717) is 11.8 Å². The predicted octanol–water partition coefficient (Wildman–Crippen LogP) is 3.38. The topological polar surface area (TPSA) is 70.4 Å². The highest BCUT2D eigenvalue weighted by Crippen LogP contribution is 2.16. The lowest BCUT2D eigenvalue weighted by atomic mass is 10.2. The minimum atomic E-state index is -1.01. The summed E-state index contributed by atoms with van der Waals surface area (Å²) in [5.74, 6) is -3.40. The molecule has 5 nitrogen and oxygen atoms in total. The molecule has 134 valence electrons. The molecule has 0 radical (unpaired) electrons. The van der Waals surface area contributed by atoms with Crippen molar-refractivity contribution in [3.05, 3.63) is 65.2 Å². The highest BCUT2D eigenvalue weighted by atomic mass is 19.1. The molecule has 0 unspecified atom stereocenters. The molecule has 0 saturated heterocycles. The van der Waals surface area contributed by atoms with Crippen molar-refractivity contribution in [3.8, 4) is 6.07 Å². The van der Waals surface area contributed by atoms with Crippen LogP contribution in [-0.4, -0.2) is 25.0 Å². The summed E-state index contributed by atoms with van der Waals surface area (Å²) in [4.78, 5) is 25.6. The van der Waals surface area contributed by atoms with E-state index in [9.17, 15) is 18.4 Å². The highest BCUT2D eigenvalue weighted by Gasteiger charge is 2.19. The number of rotatable bonds is 6. The fourth-order valence-electron chi connectivity index (χ4n) is 2.24. The molecule has 0 saturated carbocycles. The van der Waals surface area contributed by atoms with Gasteiger partial charge in [-0.15, -0.1) is 0 Å². The van der Waals surface area contributed by atoms with Crippen LogP contribution in [0, 0.1) is 29.9 Å². The van der Waals surface area contributed by atoms with E-state index in [-0.39, 0.29) is 18.5 Å². The Balaban J connectivity index is 2.07. The molecule has 2 rings (SSSR count). The van der Waals surface area contributed by atoms with Gasteiger partial charge >= 0.3 is 5.97 Å². The van der Waals surface area contributed by atoms with Crippen LogP contribution < -0.4 is 4.90 Å². The Labute approximate surface area is 149 Å². The van der Waals surface area contributed by atoms with Gasteiger partial charge in [0.1, 0.15) is 11.6 Å². The number of ether oxygens (including phenoxy) is 1. The van der Waals surface area contributed by atoms with E-state index < -0.39 is 30.1 Å². The van der Waals surface area contributed by atoms with Crippen LogP contribution in [0.25, 0.3) is 0 Å². The number of nitrogens with zero attached hydrogens (tertiary/aromatic N) is 2. The quantitative estimate of drug-likeness (QED) is 0.742. The molecule has 0 heterocycles. The second kappa shape index (κ2) is 8.72. The maximum Gasteiger partial charge on any atom is 0.338 e. The van der Waals surface area contributed by atoms with E-state index in [1.54, 1.807) is 12.1 Å². The van der Waals surface area contributed by atoms with E-state index in [1.165, 1.54) is 4.90 Å². The van der Waals surface area contributed by atoms with Gasteiger partial charge in [0.15, 0.2) is 6.61 Å². The fraction of sp³-hybridized carbons (Fsp3) is 0.211. The summed E-state index contributed by atoms with van der Waals surface area (Å²) >= 11 is 0. The van der Waals surface area contributed by atoms with Crippen LogP contribution in [0.3, 0.4) is 0 Å². The highest BCUT2D eigenvalue weighted by molar-refractivity contribution is 5.97. The van der Waals surface area contributed by atoms with Crippen LogP contribution in [0.15, 0.2) is 42.5 Å². The molecule has 0 aliphatic carbocycles. The van der Waals surface area contributed by atoms with Crippen LogP contribution in [0.5, 0.6) is 0 Å². The van der Waals surface area contributed by atoms with Crippen molar-refractivity contribution in [2.45, 2.75) is 13.3 Å². The lowest BCUT2D eigenvalue weighted by Gasteiger charge is -2.21. The van der Waals surface area contributed by atoms with Crippen LogP contribution in [0.1, 0.15) is 22.3 Å². The molecule has 7 heteroatoms. The van der Waals surface area contributed by atoms with Gasteiger partial charge in [-0.3, -0.25) is 4.79 Å². The van der Waals surface area contributed by atoms with Gasteiger partial charge in [0.05, 0.1) is 18.1 Å². The number of halogens is 2. The standard InChI is InChI=1S/C19H16F2N2O3/c1-13-3-5-17(6-4-13)23(8-2-7-22)18(24)12-26-19(25)14-9-15(20)11-16(21)10-14/h3-6,9-11H,2,8,12H2,1H3. The molecule has 2 aromatic rings. The second-order valence-electron chi connectivity index (χ2n) is 5.52. The predicted molar refractivity (Wildman–Crippen MR) is 90.4 cm³/mol. The molecule has 2 aromatic carbocycles. The molecule has 0 aromatic heterocycles. The third kappa shape index (κ3) is 5.11. The van der Waals surface area contributed by atoms with Gasteiger partial charge in [-0.05, 0) is 31.2 Å². The number of hydrogen-bond donors (Lipinski definition) is 0. The molecule has 0 fully saturated rings. The molecule has 1 amide bonds. The lowest BCUT2D eigenvalue weighted by Crippen LogP contribution is -2.35. The monoisotopic (exact) mass is 358 g/mol. The number of benzene rings is 2. The van der Waals surface area contributed by atoms with Gasteiger partial charge in [-0.25, -0.2) is 13.6 Å². The Morgan fingerprint density at radius 2 is 1.73 bits per heavy atom. The van der Waals surface area contributed by atoms with Crippen molar-refractivity contribution in [2.75, 3.05) is 18.1 Å². The maximum absolute atomic E-state index is 13.2. The average Bonchev–Trinajstić information content (AvgIpc) is 2.60. The van der Waals surface area contributed by atoms with Crippen molar-refractivity contribution in [1.29, 1.82) is 5.26 Å². The first-order valence-electron chi connectivity index (χ1n) is 7.78. The first-order chi connectivity index (χ1) is 12.4. The Hall–Kier alpha value is -3.27. The Morgan fingerprint density at radius 1 is 1.12 bits per heavy atom. The van der Waals surface area contributed by atoms with Crippen molar-refractivity contribution >= 4 is 17.6 Å². The zero-order chi connectivity index (χ0) is 19.1. The number of anilines is 1. The normalized spacial score (nSPS) is 10.1. The summed E-state index contributed by atoms with van der Waals surface area (Å²) in [6.07, 6.45) is 0.0999. The largest absolute Gasteiger partial charge is 0.452 e. The molecule has 0 aliphatic rings. The summed E-state index contributed by atoms with van der Waals surface area (Å²) in [6, 6.07) is 11.3. The van der Waals surface area contributed by atoms with Gasteiger partial charge in [-0.2, -0.15) is 5.26 Å². The van der Waals surface area contributed by atoms with Gasteiger partial charge in [-0.1, -0.05) is 17.7 Å². The van der Waals surface area contributed by atoms with E-state index in [1.807, 2.05) is 25.1 Å². The van der Waals surface area contributed by atoms with Crippen molar-refractivity contribution in [3.63, 3.8) is 0 Å². The number of nitriles is 1.